The summed E-state index contributed by atoms with van der Waals surface area (Å²) in [6.07, 6.45) is 0. The summed E-state index contributed by atoms with van der Waals surface area (Å²) in [5.74, 6) is -0.283. The van der Waals surface area contributed by atoms with Gasteiger partial charge < -0.3 is 16.6 Å². The van der Waals surface area contributed by atoms with Crippen LogP contribution in [0.3, 0.4) is 0 Å². The van der Waals surface area contributed by atoms with E-state index >= 15 is 0 Å². The molecule has 0 atom stereocenters. The summed E-state index contributed by atoms with van der Waals surface area (Å²) in [5.41, 5.74) is 10.6. The van der Waals surface area contributed by atoms with Crippen LogP contribution in [-0.2, 0) is 0 Å². The van der Waals surface area contributed by atoms with Gasteiger partial charge >= 0.3 is 0 Å². The van der Waals surface area contributed by atoms with Gasteiger partial charge in [0.2, 0.25) is 0 Å². The van der Waals surface area contributed by atoms with Crippen molar-refractivity contribution < 1.29 is 5.11 Å². The maximum atomic E-state index is 9.02. The molecule has 1 aromatic carbocycles. The first-order valence-electron chi connectivity index (χ1n) is 3.32. The van der Waals surface area contributed by atoms with Gasteiger partial charge in [0.05, 0.1) is 0 Å². The molecular weight excluding hydrogens is 176 g/mol. The highest BCUT2D eigenvalue weighted by Crippen LogP contribution is 1.84. The highest BCUT2D eigenvalue weighted by atomic mass is 35.5. The Kier molecular flexibility index (Phi) is 2.45. The average molecular weight is 185 g/mol. The van der Waals surface area contributed by atoms with Gasteiger partial charge in [-0.2, -0.15) is 0 Å². The van der Waals surface area contributed by atoms with Crippen LogP contribution in [0, 0.1) is 0 Å². The molecule has 0 saturated carbocycles. The number of aliphatic hydroxyl groups is 1. The van der Waals surface area contributed by atoms with Crippen LogP contribution < -0.4 is 21.9 Å². The first-order valence-corrected chi connectivity index (χ1v) is 3.70. The standard InChI is InChI=1S/C8H9ClN2O/c9-7(10)5-3-1-2-4-6(5)8(11)12/h1-4,12H,10-11H2/b7-5?,8-6+. The molecule has 0 radical (unpaired) electrons. The van der Waals surface area contributed by atoms with Crippen molar-refractivity contribution in [1.82, 2.24) is 0 Å². The van der Waals surface area contributed by atoms with E-state index in [-0.39, 0.29) is 11.0 Å². The third-order valence-electron chi connectivity index (χ3n) is 1.46. The number of hydrogen-bond donors (Lipinski definition) is 3. The molecule has 0 spiro atoms. The lowest BCUT2D eigenvalue weighted by Crippen LogP contribution is -2.32. The summed E-state index contributed by atoms with van der Waals surface area (Å²) in [7, 11) is 0. The van der Waals surface area contributed by atoms with Crippen molar-refractivity contribution in [3.05, 3.63) is 34.7 Å². The molecule has 0 aliphatic heterocycles. The summed E-state index contributed by atoms with van der Waals surface area (Å²) in [4.78, 5) is 0. The van der Waals surface area contributed by atoms with E-state index in [1.807, 2.05) is 0 Å². The van der Waals surface area contributed by atoms with Crippen LogP contribution >= 0.6 is 11.6 Å². The van der Waals surface area contributed by atoms with Gasteiger partial charge in [-0.25, -0.2) is 0 Å². The number of benzene rings is 1. The van der Waals surface area contributed by atoms with Crippen molar-refractivity contribution in [2.24, 2.45) is 11.5 Å². The Morgan fingerprint density at radius 2 is 1.67 bits per heavy atom. The van der Waals surface area contributed by atoms with Gasteiger partial charge in [-0.15, -0.1) is 0 Å². The third kappa shape index (κ3) is 1.62. The predicted octanol–water partition coefficient (Wildman–Crippen LogP) is -0.468. The Hall–Kier alpha value is -1.35. The summed E-state index contributed by atoms with van der Waals surface area (Å²) in [5, 5.41) is 10.1. The first kappa shape index (κ1) is 8.74. The van der Waals surface area contributed by atoms with E-state index in [1.54, 1.807) is 24.3 Å². The molecule has 0 aromatic heterocycles. The minimum Gasteiger partial charge on any atom is -0.495 e. The first-order chi connectivity index (χ1) is 5.63. The van der Waals surface area contributed by atoms with Crippen molar-refractivity contribution in [3.63, 3.8) is 0 Å². The maximum absolute atomic E-state index is 9.02. The van der Waals surface area contributed by atoms with E-state index in [0.29, 0.717) is 10.4 Å². The quantitative estimate of drug-likeness (QED) is 0.478. The molecule has 1 rings (SSSR count). The second-order valence-electron chi connectivity index (χ2n) is 2.28. The molecule has 0 heterocycles. The van der Waals surface area contributed by atoms with Crippen LogP contribution in [0.4, 0.5) is 0 Å². The maximum Gasteiger partial charge on any atom is 0.189 e. The molecular formula is C8H9ClN2O. The van der Waals surface area contributed by atoms with E-state index in [2.05, 4.69) is 0 Å². The van der Waals surface area contributed by atoms with E-state index in [0.717, 1.165) is 0 Å². The topological polar surface area (TPSA) is 72.3 Å². The number of rotatable bonds is 0. The van der Waals surface area contributed by atoms with Crippen molar-refractivity contribution >= 4 is 22.6 Å². The fourth-order valence-corrected chi connectivity index (χ4v) is 1.08. The molecule has 0 aliphatic rings. The number of halogens is 1. The largest absolute Gasteiger partial charge is 0.495 e. The second kappa shape index (κ2) is 3.36. The average Bonchev–Trinajstić information content (AvgIpc) is 2.04. The normalized spacial score (nSPS) is 15.4. The Bertz CT molecular complexity index is 353. The molecule has 0 saturated heterocycles. The molecule has 0 unspecified atom stereocenters. The van der Waals surface area contributed by atoms with Gasteiger partial charge in [-0.3, -0.25) is 0 Å². The van der Waals surface area contributed by atoms with Gasteiger partial charge in [-0.1, -0.05) is 29.8 Å². The molecule has 4 heteroatoms. The molecule has 0 aliphatic carbocycles. The van der Waals surface area contributed by atoms with E-state index in [9.17, 15) is 0 Å². The lowest BCUT2D eigenvalue weighted by atomic mass is 10.2. The Morgan fingerprint density at radius 3 is 2.00 bits per heavy atom. The van der Waals surface area contributed by atoms with E-state index in [1.165, 1.54) is 0 Å². The van der Waals surface area contributed by atoms with Crippen LogP contribution in [0.15, 0.2) is 24.3 Å². The van der Waals surface area contributed by atoms with Crippen LogP contribution in [0.5, 0.6) is 0 Å². The zero-order valence-electron chi connectivity index (χ0n) is 6.29. The molecule has 12 heavy (non-hydrogen) atoms. The molecule has 0 bridgehead atoms. The third-order valence-corrected chi connectivity index (χ3v) is 1.66. The summed E-state index contributed by atoms with van der Waals surface area (Å²) >= 11 is 5.57. The number of nitrogens with two attached hydrogens (primary N) is 2. The molecule has 3 nitrogen and oxygen atoms in total. The molecule has 1 aromatic rings. The SMILES string of the molecule is NC(Cl)=c1cccc/c1=C(/N)O. The molecule has 64 valence electrons. The minimum absolute atomic E-state index is 0.114. The molecule has 5 N–H and O–H groups in total. The smallest absolute Gasteiger partial charge is 0.189 e. The van der Waals surface area contributed by atoms with Gasteiger partial charge in [0.15, 0.2) is 5.88 Å². The van der Waals surface area contributed by atoms with Crippen LogP contribution in [0.2, 0.25) is 0 Å². The van der Waals surface area contributed by atoms with Gasteiger partial charge in [0.1, 0.15) is 5.16 Å². The second-order valence-corrected chi connectivity index (χ2v) is 2.69. The highest BCUT2D eigenvalue weighted by molar-refractivity contribution is 6.44. The van der Waals surface area contributed by atoms with Crippen molar-refractivity contribution in [2.75, 3.05) is 0 Å². The van der Waals surface area contributed by atoms with Crippen LogP contribution in [0.1, 0.15) is 0 Å². The molecule has 0 amide bonds. The zero-order chi connectivity index (χ0) is 9.14. The summed E-state index contributed by atoms with van der Waals surface area (Å²) in [6.45, 7) is 0. The monoisotopic (exact) mass is 184 g/mol. The van der Waals surface area contributed by atoms with Crippen molar-refractivity contribution in [1.29, 1.82) is 0 Å². The van der Waals surface area contributed by atoms with Gasteiger partial charge in [0.25, 0.3) is 0 Å². The lowest BCUT2D eigenvalue weighted by molar-refractivity contribution is 0.492. The predicted molar refractivity (Wildman–Crippen MR) is 49.4 cm³/mol. The Labute approximate surface area is 74.6 Å². The lowest BCUT2D eigenvalue weighted by Gasteiger charge is -1.93. The Balaban J connectivity index is 3.75. The van der Waals surface area contributed by atoms with E-state index in [4.69, 9.17) is 28.2 Å². The van der Waals surface area contributed by atoms with Crippen LogP contribution in [-0.4, -0.2) is 5.11 Å². The zero-order valence-corrected chi connectivity index (χ0v) is 7.05. The van der Waals surface area contributed by atoms with E-state index < -0.39 is 0 Å². The number of aliphatic hydroxyl groups excluding tert-OH is 1. The number of hydrogen-bond acceptors (Lipinski definition) is 3. The fraction of sp³-hybridized carbons (Fsp3) is 0. The van der Waals surface area contributed by atoms with Crippen molar-refractivity contribution in [3.8, 4) is 0 Å². The van der Waals surface area contributed by atoms with Gasteiger partial charge in [-0.05, 0) is 6.07 Å². The van der Waals surface area contributed by atoms with Crippen molar-refractivity contribution in [2.45, 2.75) is 0 Å². The summed E-state index contributed by atoms with van der Waals surface area (Å²) < 4.78 is 0. The van der Waals surface area contributed by atoms with Gasteiger partial charge in [0, 0.05) is 10.4 Å². The Morgan fingerprint density at radius 1 is 1.17 bits per heavy atom. The van der Waals surface area contributed by atoms with Crippen LogP contribution in [0.25, 0.3) is 11.0 Å². The minimum atomic E-state index is -0.283. The molecule has 0 fully saturated rings. The summed E-state index contributed by atoms with van der Waals surface area (Å²) in [6, 6.07) is 6.82. The highest BCUT2D eigenvalue weighted by Gasteiger charge is 1.92. The fourth-order valence-electron chi connectivity index (χ4n) is 0.915.